The quantitative estimate of drug-likeness (QED) is 0.312. The summed E-state index contributed by atoms with van der Waals surface area (Å²) in [6.45, 7) is -0.0919. The van der Waals surface area contributed by atoms with E-state index in [1.165, 1.54) is 18.0 Å². The zero-order chi connectivity index (χ0) is 10.2. The molecule has 0 saturated carbocycles. The molecule has 1 heterocycles. The first-order chi connectivity index (χ1) is 5.87. The summed E-state index contributed by atoms with van der Waals surface area (Å²) in [6.07, 6.45) is 1.19. The lowest BCUT2D eigenvalue weighted by molar-refractivity contribution is -0.554. The summed E-state index contributed by atoms with van der Waals surface area (Å²) < 4.78 is 0.283. The lowest BCUT2D eigenvalue weighted by atomic mass is 10.1. The molecular weight excluding hydrogens is 289 g/mol. The van der Waals surface area contributed by atoms with E-state index in [1.807, 2.05) is 0 Å². The van der Waals surface area contributed by atoms with Crippen molar-refractivity contribution in [3.05, 3.63) is 19.8 Å². The molecule has 1 atom stereocenters. The molecule has 1 amide bonds. The third-order valence-corrected chi connectivity index (χ3v) is 2.53. The van der Waals surface area contributed by atoms with Crippen molar-refractivity contribution in [2.75, 3.05) is 13.6 Å². The average molecular weight is 297 g/mol. The smallest absolute Gasteiger partial charge is 0.310 e. The number of hydrogen-bond donors (Lipinski definition) is 1. The molecule has 1 unspecified atom stereocenters. The summed E-state index contributed by atoms with van der Waals surface area (Å²) >= 11 is 1.74. The summed E-state index contributed by atoms with van der Waals surface area (Å²) in [5.41, 5.74) is 3.83. The van der Waals surface area contributed by atoms with E-state index in [0.717, 1.165) is 0 Å². The summed E-state index contributed by atoms with van der Waals surface area (Å²) in [4.78, 5) is 22.4. The molecule has 0 aromatic heterocycles. The van der Waals surface area contributed by atoms with Crippen LogP contribution in [0, 0.1) is 10.1 Å². The molecule has 0 aromatic rings. The van der Waals surface area contributed by atoms with Crippen LogP contribution in [0.25, 0.3) is 0 Å². The molecule has 0 fully saturated rings. The van der Waals surface area contributed by atoms with Crippen LogP contribution in [0.3, 0.4) is 0 Å². The number of halogens is 1. The Balaban J connectivity index is 3.08. The Bertz CT molecular complexity index is 303. The first kappa shape index (κ1) is 10.4. The largest absolute Gasteiger partial charge is 0.332 e. The maximum atomic E-state index is 11.2. The van der Waals surface area contributed by atoms with Gasteiger partial charge >= 0.3 is 5.66 Å². The Hall–Kier alpha value is -0.700. The average Bonchev–Trinajstić information content (AvgIpc) is 2.00. The summed E-state index contributed by atoms with van der Waals surface area (Å²) in [6, 6.07) is 0. The number of nitro groups is 1. The molecule has 13 heavy (non-hydrogen) atoms. The fourth-order valence-electron chi connectivity index (χ4n) is 1.07. The van der Waals surface area contributed by atoms with Crippen LogP contribution in [-0.2, 0) is 4.79 Å². The number of amides is 1. The summed E-state index contributed by atoms with van der Waals surface area (Å²) in [7, 11) is 1.49. The van der Waals surface area contributed by atoms with Crippen molar-refractivity contribution in [1.29, 1.82) is 0 Å². The molecule has 72 valence electrons. The molecule has 0 bridgehead atoms. The molecule has 1 rings (SSSR count). The van der Waals surface area contributed by atoms with Gasteiger partial charge in [-0.2, -0.15) is 0 Å². The Morgan fingerprint density at radius 1 is 1.85 bits per heavy atom. The molecule has 2 N–H and O–H groups in total. The van der Waals surface area contributed by atoms with Gasteiger partial charge in [0.1, 0.15) is 6.54 Å². The van der Waals surface area contributed by atoms with Crippen LogP contribution >= 0.6 is 22.6 Å². The highest BCUT2D eigenvalue weighted by Gasteiger charge is 2.43. The fraction of sp³-hybridized carbons (Fsp3) is 0.500. The Morgan fingerprint density at radius 2 is 2.38 bits per heavy atom. The highest BCUT2D eigenvalue weighted by Crippen LogP contribution is 2.21. The predicted octanol–water partition coefficient (Wildman–Crippen LogP) is -0.291. The van der Waals surface area contributed by atoms with Crippen molar-refractivity contribution >= 4 is 28.5 Å². The Labute approximate surface area is 88.0 Å². The van der Waals surface area contributed by atoms with Crippen LogP contribution in [0.5, 0.6) is 0 Å². The highest BCUT2D eigenvalue weighted by atomic mass is 127. The summed E-state index contributed by atoms with van der Waals surface area (Å²) in [5.74, 6) is -0.233. The van der Waals surface area contributed by atoms with Crippen molar-refractivity contribution in [1.82, 2.24) is 4.90 Å². The van der Waals surface area contributed by atoms with Crippen LogP contribution in [0.4, 0.5) is 0 Å². The van der Waals surface area contributed by atoms with Gasteiger partial charge in [0, 0.05) is 18.0 Å². The maximum absolute atomic E-state index is 11.2. The Morgan fingerprint density at radius 3 is 2.77 bits per heavy atom. The topological polar surface area (TPSA) is 89.5 Å². The second-order valence-corrected chi connectivity index (χ2v) is 4.06. The number of nitrogens with zero attached hydrogens (tertiary/aromatic N) is 2. The third kappa shape index (κ3) is 1.80. The molecule has 1 aliphatic heterocycles. The molecule has 0 aromatic carbocycles. The van der Waals surface area contributed by atoms with Gasteiger partial charge < -0.3 is 4.90 Å². The van der Waals surface area contributed by atoms with E-state index in [9.17, 15) is 14.9 Å². The minimum Gasteiger partial charge on any atom is -0.332 e. The van der Waals surface area contributed by atoms with E-state index >= 15 is 0 Å². The van der Waals surface area contributed by atoms with Crippen LogP contribution in [0.15, 0.2) is 9.66 Å². The first-order valence-electron chi connectivity index (χ1n) is 3.44. The van der Waals surface area contributed by atoms with Crippen molar-refractivity contribution in [3.8, 4) is 0 Å². The number of carbonyl (C=O) groups is 1. The number of hydrogen-bond acceptors (Lipinski definition) is 4. The molecule has 1 aliphatic rings. The van der Waals surface area contributed by atoms with Crippen LogP contribution in [0.1, 0.15) is 0 Å². The van der Waals surface area contributed by atoms with Crippen molar-refractivity contribution < 1.29 is 9.72 Å². The van der Waals surface area contributed by atoms with Crippen LogP contribution in [0.2, 0.25) is 0 Å². The van der Waals surface area contributed by atoms with Crippen molar-refractivity contribution in [3.63, 3.8) is 0 Å². The van der Waals surface area contributed by atoms with Crippen LogP contribution < -0.4 is 5.73 Å². The van der Waals surface area contributed by atoms with E-state index in [2.05, 4.69) is 0 Å². The van der Waals surface area contributed by atoms with E-state index in [1.54, 1.807) is 22.6 Å². The number of likely N-dealkylation sites (N-methyl/N-ethyl adjacent to an activating group) is 1. The summed E-state index contributed by atoms with van der Waals surface area (Å²) in [5, 5.41) is 10.6. The van der Waals surface area contributed by atoms with Crippen molar-refractivity contribution in [2.24, 2.45) is 5.73 Å². The van der Waals surface area contributed by atoms with E-state index < -0.39 is 10.6 Å². The van der Waals surface area contributed by atoms with Gasteiger partial charge in [0.2, 0.25) is 0 Å². The zero-order valence-corrected chi connectivity index (χ0v) is 9.02. The third-order valence-electron chi connectivity index (χ3n) is 1.76. The van der Waals surface area contributed by atoms with E-state index in [-0.39, 0.29) is 16.0 Å². The van der Waals surface area contributed by atoms with Gasteiger partial charge in [0.15, 0.2) is 0 Å². The minimum absolute atomic E-state index is 0.0919. The van der Waals surface area contributed by atoms with Gasteiger partial charge in [0.25, 0.3) is 5.91 Å². The van der Waals surface area contributed by atoms with E-state index in [0.29, 0.717) is 0 Å². The van der Waals surface area contributed by atoms with Crippen molar-refractivity contribution in [2.45, 2.75) is 5.66 Å². The van der Waals surface area contributed by atoms with Gasteiger partial charge in [-0.1, -0.05) is 0 Å². The second-order valence-electron chi connectivity index (χ2n) is 2.90. The molecule has 0 spiro atoms. The van der Waals surface area contributed by atoms with Gasteiger partial charge in [-0.15, -0.1) is 0 Å². The van der Waals surface area contributed by atoms with Gasteiger partial charge in [-0.05, 0) is 22.6 Å². The maximum Gasteiger partial charge on any atom is 0.310 e. The second kappa shape index (κ2) is 3.22. The first-order valence-corrected chi connectivity index (χ1v) is 4.52. The lowest BCUT2D eigenvalue weighted by Gasteiger charge is -2.28. The zero-order valence-electron chi connectivity index (χ0n) is 6.86. The number of nitrogens with two attached hydrogens (primary N) is 1. The molecular formula is C6H8IN3O3. The van der Waals surface area contributed by atoms with Gasteiger partial charge in [0.05, 0.1) is 3.58 Å². The molecule has 0 saturated heterocycles. The molecule has 0 radical (unpaired) electrons. The predicted molar refractivity (Wildman–Crippen MR) is 53.7 cm³/mol. The number of carbonyl (C=O) groups excluding carboxylic acids is 1. The minimum atomic E-state index is -1.64. The van der Waals surface area contributed by atoms with Crippen LogP contribution in [-0.4, -0.2) is 35.0 Å². The van der Waals surface area contributed by atoms with E-state index in [4.69, 9.17) is 5.73 Å². The molecule has 7 heteroatoms. The lowest BCUT2D eigenvalue weighted by Crippen LogP contribution is -2.57. The highest BCUT2D eigenvalue weighted by molar-refractivity contribution is 14.1. The molecule has 0 aliphatic carbocycles. The molecule has 6 nitrogen and oxygen atoms in total. The monoisotopic (exact) mass is 297 g/mol. The number of rotatable bonds is 1. The SMILES string of the molecule is CN1CC(N)([N+](=O)[O-])C=C(I)C1=O. The van der Waals surface area contributed by atoms with Gasteiger partial charge in [-0.25, -0.2) is 0 Å². The Kier molecular flexibility index (Phi) is 2.57. The van der Waals surface area contributed by atoms with Gasteiger partial charge in [-0.3, -0.25) is 20.6 Å². The fourth-order valence-corrected chi connectivity index (χ4v) is 2.02. The normalized spacial score (nSPS) is 28.7. The standard InChI is InChI=1S/C6H8IN3O3/c1-9-3-6(8,10(12)13)2-4(7)5(9)11/h2H,3,8H2,1H3.